The fraction of sp³-hybridized carbons (Fsp3) is 0.360. The predicted molar refractivity (Wildman–Crippen MR) is 132 cm³/mol. The first-order valence-corrected chi connectivity index (χ1v) is 12.4. The van der Waals surface area contributed by atoms with E-state index in [1.807, 2.05) is 38.2 Å². The van der Waals surface area contributed by atoms with Crippen LogP contribution >= 0.6 is 11.8 Å². The van der Waals surface area contributed by atoms with Crippen molar-refractivity contribution in [3.63, 3.8) is 0 Å². The fourth-order valence-electron chi connectivity index (χ4n) is 4.77. The van der Waals surface area contributed by atoms with Gasteiger partial charge in [0.05, 0.1) is 24.1 Å². The molecule has 1 aromatic carbocycles. The molecule has 1 aliphatic heterocycles. The van der Waals surface area contributed by atoms with Crippen LogP contribution in [0, 0.1) is 13.8 Å². The summed E-state index contributed by atoms with van der Waals surface area (Å²) < 4.78 is 7.96. The van der Waals surface area contributed by atoms with E-state index < -0.39 is 0 Å². The number of Topliss-reactive ketones (excluding diaryl/α,β-unsaturated/α-hetero) is 2. The SMILES string of the molecule is CC(=O)c1c(C)[nH]c(C(=O)CSc2nnc(-c3c[nH]c4ccccc34)n2C[C@@H]2CCCO2)c1C. The number of rotatable bonds is 8. The average molecular weight is 478 g/mol. The Morgan fingerprint density at radius 1 is 1.24 bits per heavy atom. The summed E-state index contributed by atoms with van der Waals surface area (Å²) in [4.78, 5) is 31.4. The van der Waals surface area contributed by atoms with Crippen LogP contribution in [0.2, 0.25) is 0 Å². The molecule has 5 rings (SSSR count). The summed E-state index contributed by atoms with van der Waals surface area (Å²) in [7, 11) is 0. The van der Waals surface area contributed by atoms with Crippen LogP contribution in [0.4, 0.5) is 0 Å². The van der Waals surface area contributed by atoms with Crippen molar-refractivity contribution in [2.75, 3.05) is 12.4 Å². The predicted octanol–water partition coefficient (Wildman–Crippen LogP) is 4.73. The van der Waals surface area contributed by atoms with Crippen molar-refractivity contribution in [2.24, 2.45) is 0 Å². The standard InChI is InChI=1S/C25H27N5O3S/c1-14-22(16(3)31)15(2)27-23(14)21(32)13-34-25-29-28-24(30(25)12-17-7-6-10-33-17)19-11-26-20-9-5-4-8-18(19)20/h4-5,8-9,11,17,26-27H,6-7,10,12-13H2,1-3H3/t17-/m0/s1. The van der Waals surface area contributed by atoms with E-state index >= 15 is 0 Å². The maximum absolute atomic E-state index is 13.0. The zero-order chi connectivity index (χ0) is 23.8. The Hall–Kier alpha value is -3.17. The van der Waals surface area contributed by atoms with Crippen molar-refractivity contribution < 1.29 is 14.3 Å². The molecule has 176 valence electrons. The number of fused-ring (bicyclic) bond motifs is 1. The molecule has 4 heterocycles. The lowest BCUT2D eigenvalue weighted by Gasteiger charge is -2.14. The van der Waals surface area contributed by atoms with Gasteiger partial charge in [-0.05, 0) is 45.2 Å². The van der Waals surface area contributed by atoms with Crippen LogP contribution in [0.15, 0.2) is 35.6 Å². The molecule has 0 bridgehead atoms. The third kappa shape index (κ3) is 4.10. The Bertz CT molecular complexity index is 1380. The Morgan fingerprint density at radius 2 is 2.06 bits per heavy atom. The van der Waals surface area contributed by atoms with Crippen LogP contribution in [0.3, 0.4) is 0 Å². The van der Waals surface area contributed by atoms with E-state index in [1.165, 1.54) is 18.7 Å². The van der Waals surface area contributed by atoms with E-state index in [2.05, 4.69) is 30.8 Å². The van der Waals surface area contributed by atoms with Crippen LogP contribution in [-0.2, 0) is 11.3 Å². The summed E-state index contributed by atoms with van der Waals surface area (Å²) in [6, 6.07) is 8.09. The van der Waals surface area contributed by atoms with Crippen molar-refractivity contribution in [2.45, 2.75) is 51.4 Å². The molecule has 1 atom stereocenters. The molecule has 0 amide bonds. The number of ether oxygens (including phenoxy) is 1. The smallest absolute Gasteiger partial charge is 0.192 e. The van der Waals surface area contributed by atoms with E-state index in [0.717, 1.165) is 47.4 Å². The van der Waals surface area contributed by atoms with E-state index in [-0.39, 0.29) is 23.4 Å². The lowest BCUT2D eigenvalue weighted by atomic mass is 10.1. The van der Waals surface area contributed by atoms with Gasteiger partial charge in [0.25, 0.3) is 0 Å². The second-order valence-corrected chi connectivity index (χ2v) is 9.64. The molecular weight excluding hydrogens is 450 g/mol. The van der Waals surface area contributed by atoms with Gasteiger partial charge in [0, 0.05) is 40.5 Å². The molecule has 0 unspecified atom stereocenters. The van der Waals surface area contributed by atoms with E-state index in [9.17, 15) is 9.59 Å². The maximum atomic E-state index is 13.0. The van der Waals surface area contributed by atoms with Crippen LogP contribution in [0.25, 0.3) is 22.3 Å². The highest BCUT2D eigenvalue weighted by Gasteiger charge is 2.25. The van der Waals surface area contributed by atoms with Gasteiger partial charge in [0.15, 0.2) is 22.5 Å². The molecule has 1 fully saturated rings. The minimum absolute atomic E-state index is 0.0439. The number of carbonyl (C=O) groups is 2. The molecule has 0 radical (unpaired) electrons. The second kappa shape index (κ2) is 9.23. The summed E-state index contributed by atoms with van der Waals surface area (Å²) in [5.41, 5.74) is 4.51. The number of hydrogen-bond acceptors (Lipinski definition) is 6. The number of nitrogens with zero attached hydrogens (tertiary/aromatic N) is 3. The molecule has 1 saturated heterocycles. The van der Waals surface area contributed by atoms with Crippen LogP contribution in [-0.4, -0.2) is 54.8 Å². The largest absolute Gasteiger partial charge is 0.376 e. The van der Waals surface area contributed by atoms with Crippen LogP contribution in [0.5, 0.6) is 0 Å². The quantitative estimate of drug-likeness (QED) is 0.281. The van der Waals surface area contributed by atoms with Gasteiger partial charge in [0.1, 0.15) is 0 Å². The first kappa shape index (κ1) is 22.6. The summed E-state index contributed by atoms with van der Waals surface area (Å²) in [5.74, 6) is 0.833. The summed E-state index contributed by atoms with van der Waals surface area (Å²) in [5, 5.41) is 10.7. The minimum Gasteiger partial charge on any atom is -0.376 e. The zero-order valence-electron chi connectivity index (χ0n) is 19.5. The highest BCUT2D eigenvalue weighted by atomic mass is 32.2. The van der Waals surface area contributed by atoms with Gasteiger partial charge in [-0.25, -0.2) is 0 Å². The number of benzene rings is 1. The van der Waals surface area contributed by atoms with Gasteiger partial charge < -0.3 is 14.7 Å². The van der Waals surface area contributed by atoms with Gasteiger partial charge in [-0.15, -0.1) is 10.2 Å². The van der Waals surface area contributed by atoms with Crippen molar-refractivity contribution >= 4 is 34.2 Å². The van der Waals surface area contributed by atoms with Gasteiger partial charge in [0.2, 0.25) is 0 Å². The monoisotopic (exact) mass is 477 g/mol. The molecule has 4 aromatic rings. The first-order chi connectivity index (χ1) is 16.4. The summed E-state index contributed by atoms with van der Waals surface area (Å²) >= 11 is 1.36. The van der Waals surface area contributed by atoms with Crippen molar-refractivity contribution in [3.05, 3.63) is 53.0 Å². The zero-order valence-corrected chi connectivity index (χ0v) is 20.3. The highest BCUT2D eigenvalue weighted by Crippen LogP contribution is 2.31. The van der Waals surface area contributed by atoms with Gasteiger partial charge in [-0.3, -0.25) is 14.2 Å². The molecule has 0 aliphatic carbocycles. The number of nitrogens with one attached hydrogen (secondary N) is 2. The number of carbonyl (C=O) groups excluding carboxylic acids is 2. The number of para-hydroxylation sites is 1. The Balaban J connectivity index is 1.44. The second-order valence-electron chi connectivity index (χ2n) is 8.69. The van der Waals surface area contributed by atoms with Crippen molar-refractivity contribution in [1.29, 1.82) is 0 Å². The van der Waals surface area contributed by atoms with Gasteiger partial charge in [-0.2, -0.15) is 0 Å². The fourth-order valence-corrected chi connectivity index (χ4v) is 5.59. The number of ketones is 2. The van der Waals surface area contributed by atoms with Crippen LogP contribution in [0.1, 0.15) is 51.9 Å². The molecule has 9 heteroatoms. The molecule has 0 spiro atoms. The molecule has 0 saturated carbocycles. The Morgan fingerprint density at radius 3 is 2.79 bits per heavy atom. The molecule has 8 nitrogen and oxygen atoms in total. The number of H-pyrrole nitrogens is 2. The van der Waals surface area contributed by atoms with Crippen LogP contribution < -0.4 is 0 Å². The molecule has 34 heavy (non-hydrogen) atoms. The number of aryl methyl sites for hydroxylation is 1. The topological polar surface area (TPSA) is 106 Å². The molecule has 1 aliphatic rings. The number of aromatic nitrogens is 5. The van der Waals surface area contributed by atoms with Crippen molar-refractivity contribution in [1.82, 2.24) is 24.7 Å². The maximum Gasteiger partial charge on any atom is 0.192 e. The third-order valence-electron chi connectivity index (χ3n) is 6.36. The molecule has 3 aromatic heterocycles. The van der Waals surface area contributed by atoms with Crippen molar-refractivity contribution in [3.8, 4) is 11.4 Å². The Kier molecular flexibility index (Phi) is 6.14. The third-order valence-corrected chi connectivity index (χ3v) is 7.32. The van der Waals surface area contributed by atoms with E-state index in [1.54, 1.807) is 0 Å². The molecule has 2 N–H and O–H groups in total. The van der Waals surface area contributed by atoms with Gasteiger partial charge in [-0.1, -0.05) is 30.0 Å². The lowest BCUT2D eigenvalue weighted by molar-refractivity contribution is 0.0953. The van der Waals surface area contributed by atoms with E-state index in [4.69, 9.17) is 4.74 Å². The number of hydrogen-bond donors (Lipinski definition) is 2. The normalized spacial score (nSPS) is 15.9. The molecular formula is C25H27N5O3S. The summed E-state index contributed by atoms with van der Waals surface area (Å²) in [6.07, 6.45) is 4.08. The lowest BCUT2D eigenvalue weighted by Crippen LogP contribution is -2.17. The minimum atomic E-state index is -0.0709. The average Bonchev–Trinajstić information content (AvgIpc) is 3.59. The number of aromatic amines is 2. The van der Waals surface area contributed by atoms with E-state index in [0.29, 0.717) is 28.5 Å². The summed E-state index contributed by atoms with van der Waals surface area (Å²) in [6.45, 7) is 6.55. The first-order valence-electron chi connectivity index (χ1n) is 11.4. The Labute approximate surface area is 201 Å². The van der Waals surface area contributed by atoms with Gasteiger partial charge >= 0.3 is 0 Å². The highest BCUT2D eigenvalue weighted by molar-refractivity contribution is 7.99. The number of thioether (sulfide) groups is 1.